The summed E-state index contributed by atoms with van der Waals surface area (Å²) in [4.78, 5) is 0. The highest BCUT2D eigenvalue weighted by atomic mass is 14.4. The van der Waals surface area contributed by atoms with Crippen LogP contribution in [0.15, 0.2) is 72.8 Å². The van der Waals surface area contributed by atoms with Gasteiger partial charge in [-0.1, -0.05) is 393 Å². The quantitative estimate of drug-likeness (QED) is 0.170. The van der Waals surface area contributed by atoms with Crippen molar-refractivity contribution in [2.24, 2.45) is 100 Å². The normalized spacial score (nSPS) is 20.5. The van der Waals surface area contributed by atoms with E-state index in [-0.39, 0.29) is 0 Å². The second kappa shape index (κ2) is 38.8. The molecule has 0 aliphatic heterocycles. The van der Waals surface area contributed by atoms with Crippen LogP contribution in [0.5, 0.6) is 0 Å². The third kappa shape index (κ3) is 52.6. The Hall–Kier alpha value is -2.34. The highest BCUT2D eigenvalue weighted by Crippen LogP contribution is 2.45. The van der Waals surface area contributed by atoms with Gasteiger partial charge in [-0.25, -0.2) is 0 Å². The molecule has 6 rings (SSSR count). The zero-order chi connectivity index (χ0) is 74.4. The average molecular weight is 1330 g/mol. The first-order valence-electron chi connectivity index (χ1n) is 40.2. The van der Waals surface area contributed by atoms with Gasteiger partial charge in [0.1, 0.15) is 0 Å². The summed E-state index contributed by atoms with van der Waals surface area (Å²) < 4.78 is 0. The van der Waals surface area contributed by atoms with E-state index in [2.05, 4.69) is 322 Å². The van der Waals surface area contributed by atoms with Crippen LogP contribution in [-0.2, 0) is 38.5 Å². The van der Waals surface area contributed by atoms with Crippen molar-refractivity contribution in [3.8, 4) is 0 Å². The molecule has 0 radical (unpaired) electrons. The molecule has 4 atom stereocenters. The molecule has 0 amide bonds. The fraction of sp³-hybridized carbons (Fsp3) is 0.812. The predicted molar refractivity (Wildman–Crippen MR) is 439 cm³/mol. The molecule has 0 heterocycles. The first-order chi connectivity index (χ1) is 43.0. The Labute approximate surface area is 606 Å². The molecule has 0 aromatic heterocycles. The molecule has 4 unspecified atom stereocenters. The van der Waals surface area contributed by atoms with E-state index in [1.54, 1.807) is 0 Å². The van der Waals surface area contributed by atoms with Crippen LogP contribution in [0.1, 0.15) is 398 Å². The van der Waals surface area contributed by atoms with Gasteiger partial charge < -0.3 is 0 Å². The maximum Gasteiger partial charge on any atom is -0.0227 e. The third-order valence-corrected chi connectivity index (χ3v) is 18.8. The van der Waals surface area contributed by atoms with Gasteiger partial charge in [0.05, 0.1) is 0 Å². The van der Waals surface area contributed by atoms with E-state index >= 15 is 0 Å². The Kier molecular flexibility index (Phi) is 37.0. The summed E-state index contributed by atoms with van der Waals surface area (Å²) in [6, 6.07) is 27.1. The van der Waals surface area contributed by atoms with Crippen molar-refractivity contribution in [3.05, 3.63) is 106 Å². The molecule has 0 bridgehead atoms. The first-order valence-corrected chi connectivity index (χ1v) is 40.2. The van der Waals surface area contributed by atoms with Gasteiger partial charge in [-0.2, -0.15) is 0 Å². The van der Waals surface area contributed by atoms with Crippen molar-refractivity contribution in [2.45, 2.75) is 403 Å². The molecule has 0 nitrogen and oxygen atoms in total. The maximum atomic E-state index is 2.40. The summed E-state index contributed by atoms with van der Waals surface area (Å²) in [5.41, 5.74) is 14.2. The molecule has 0 heteroatoms. The molecule has 3 aromatic rings. The SMILES string of the molecule is CC(C)(C)CC1CCC(CC(C)(C)C)CC1.CC(C)(C)CC1CCCC(CC(C)(C)C)C1.CC(C)(C)CC1CCCCC1CC(C)(C)C.CC(C)(C)Cc1ccc(CC(C)(C)C)cc1.CC(C)(C)Cc1cccc(CC(C)(C)C)c1.CC(C)(C)Cc1ccccc1CC(C)(C)C. The zero-order valence-corrected chi connectivity index (χ0v) is 72.4. The highest BCUT2D eigenvalue weighted by Gasteiger charge is 2.33. The molecule has 3 fully saturated rings. The van der Waals surface area contributed by atoms with Gasteiger partial charge in [-0.05, 0) is 217 Å². The minimum Gasteiger partial charge on any atom is -0.0620 e. The molecule has 3 aromatic carbocycles. The summed E-state index contributed by atoms with van der Waals surface area (Å²) >= 11 is 0. The van der Waals surface area contributed by atoms with Gasteiger partial charge in [-0.3, -0.25) is 0 Å². The molecule has 3 aliphatic rings. The molecule has 0 saturated heterocycles. The number of rotatable bonds is 12. The Balaban J connectivity index is 0.000000576. The Morgan fingerprint density at radius 2 is 0.469 bits per heavy atom. The summed E-state index contributed by atoms with van der Waals surface area (Å²) in [6.45, 7) is 84.4. The lowest BCUT2D eigenvalue weighted by Gasteiger charge is -2.38. The molecule has 3 saturated carbocycles. The van der Waals surface area contributed by atoms with E-state index < -0.39 is 0 Å². The fourth-order valence-electron chi connectivity index (χ4n) is 16.4. The second-order valence-electron chi connectivity index (χ2n) is 47.0. The van der Waals surface area contributed by atoms with Crippen molar-refractivity contribution >= 4 is 0 Å². The third-order valence-electron chi connectivity index (χ3n) is 18.8. The average Bonchev–Trinajstić information content (AvgIpc) is 0.918. The molecule has 0 spiro atoms. The molecule has 0 N–H and O–H groups in total. The van der Waals surface area contributed by atoms with Gasteiger partial charge >= 0.3 is 0 Å². The van der Waals surface area contributed by atoms with E-state index in [4.69, 9.17) is 0 Å². The lowest BCUT2D eigenvalue weighted by Crippen LogP contribution is -2.27. The Bertz CT molecular complexity index is 2320. The standard InChI is InChI=1S/C16H32.C16H26.C16H32.C16H26.C16H32.C16H26/c2*1-15(2,3)11-13-7-9-14(10-8-13)12-16(4,5)6;2*1-15(2,3)11-13-8-7-9-14(10-13)12-16(4,5)6;2*1-15(2,3)11-13-9-7-8-10-14(13)12-16(4,5)6/h13-14H,7-12H2,1-6H3;7-10H,11-12H2,1-6H3;13-14H,7-12H2,1-6H3;7-10H,11-12H2,1-6H3;13-14H,7-12H2,1-6H3;7-10H,11-12H2,1-6H3. The highest BCUT2D eigenvalue weighted by molar-refractivity contribution is 5.29. The minimum absolute atomic E-state index is 0.369. The number of benzene rings is 3. The summed E-state index contributed by atoms with van der Waals surface area (Å²) in [5.74, 6) is 6.01. The predicted octanol–water partition coefficient (Wildman–Crippen LogP) is 31.6. The zero-order valence-electron chi connectivity index (χ0n) is 72.4. The van der Waals surface area contributed by atoms with E-state index in [1.807, 2.05) is 0 Å². The van der Waals surface area contributed by atoms with Crippen LogP contribution < -0.4 is 0 Å². The van der Waals surface area contributed by atoms with Crippen LogP contribution in [0.2, 0.25) is 0 Å². The smallest absolute Gasteiger partial charge is 0.0227 e. The summed E-state index contributed by atoms with van der Waals surface area (Å²) in [7, 11) is 0. The molecule has 96 heavy (non-hydrogen) atoms. The molecule has 3 aliphatic carbocycles. The van der Waals surface area contributed by atoms with E-state index in [9.17, 15) is 0 Å². The van der Waals surface area contributed by atoms with Crippen LogP contribution in [0.3, 0.4) is 0 Å². The van der Waals surface area contributed by atoms with E-state index in [0.29, 0.717) is 65.0 Å². The van der Waals surface area contributed by atoms with Gasteiger partial charge in [0.2, 0.25) is 0 Å². The number of hydrogen-bond donors (Lipinski definition) is 0. The van der Waals surface area contributed by atoms with Crippen LogP contribution in [0.4, 0.5) is 0 Å². The van der Waals surface area contributed by atoms with Crippen LogP contribution >= 0.6 is 0 Å². The summed E-state index contributed by atoms with van der Waals surface area (Å²) in [6.07, 6.45) is 33.3. The molecular formula is C96H174. The van der Waals surface area contributed by atoms with Crippen LogP contribution in [0.25, 0.3) is 0 Å². The van der Waals surface area contributed by atoms with Gasteiger partial charge in [0.15, 0.2) is 0 Å². The van der Waals surface area contributed by atoms with Gasteiger partial charge in [0, 0.05) is 0 Å². The van der Waals surface area contributed by atoms with Crippen molar-refractivity contribution < 1.29 is 0 Å². The number of hydrogen-bond acceptors (Lipinski definition) is 0. The largest absolute Gasteiger partial charge is 0.0620 e. The molecule has 558 valence electrons. The lowest BCUT2D eigenvalue weighted by molar-refractivity contribution is 0.126. The van der Waals surface area contributed by atoms with Crippen molar-refractivity contribution in [1.29, 1.82) is 0 Å². The summed E-state index contributed by atoms with van der Waals surface area (Å²) in [5, 5.41) is 0. The van der Waals surface area contributed by atoms with E-state index in [1.165, 1.54) is 162 Å². The van der Waals surface area contributed by atoms with E-state index in [0.717, 1.165) is 61.2 Å². The topological polar surface area (TPSA) is 0 Å². The van der Waals surface area contributed by atoms with Crippen molar-refractivity contribution in [1.82, 2.24) is 0 Å². The molecular weight excluding hydrogens is 1150 g/mol. The Morgan fingerprint density at radius 1 is 0.219 bits per heavy atom. The lowest BCUT2D eigenvalue weighted by atomic mass is 9.67. The second-order valence-corrected chi connectivity index (χ2v) is 47.0. The van der Waals surface area contributed by atoms with Crippen LogP contribution in [-0.4, -0.2) is 0 Å². The van der Waals surface area contributed by atoms with Crippen molar-refractivity contribution in [3.63, 3.8) is 0 Å². The van der Waals surface area contributed by atoms with Gasteiger partial charge in [-0.15, -0.1) is 0 Å². The van der Waals surface area contributed by atoms with Crippen LogP contribution in [0, 0.1) is 100 Å². The fourth-order valence-corrected chi connectivity index (χ4v) is 16.4. The van der Waals surface area contributed by atoms with Gasteiger partial charge in [0.25, 0.3) is 0 Å². The monoisotopic (exact) mass is 1330 g/mol. The Morgan fingerprint density at radius 3 is 0.719 bits per heavy atom. The maximum absolute atomic E-state index is 2.40. The first kappa shape index (κ1) is 91.7. The minimum atomic E-state index is 0.369. The van der Waals surface area contributed by atoms with Crippen molar-refractivity contribution in [2.75, 3.05) is 0 Å².